The molecule has 172 valence electrons. The van der Waals surface area contributed by atoms with E-state index in [0.29, 0.717) is 11.8 Å². The number of hydrogen-bond donors (Lipinski definition) is 0. The van der Waals surface area contributed by atoms with Crippen molar-refractivity contribution in [2.24, 2.45) is 11.8 Å². The van der Waals surface area contributed by atoms with Gasteiger partial charge in [-0.05, 0) is 81.8 Å². The number of carbonyl (C=O) groups is 1. The Labute approximate surface area is 190 Å². The van der Waals surface area contributed by atoms with Gasteiger partial charge in [0.1, 0.15) is 18.0 Å². The van der Waals surface area contributed by atoms with Crippen LogP contribution in [0.15, 0.2) is 43.1 Å². The quantitative estimate of drug-likeness (QED) is 0.467. The lowest BCUT2D eigenvalue weighted by Crippen LogP contribution is -2.55. The third-order valence-electron chi connectivity index (χ3n) is 6.59. The van der Waals surface area contributed by atoms with Gasteiger partial charge < -0.3 is 14.2 Å². The number of hydrogen-bond acceptors (Lipinski definition) is 6. The molecule has 4 heterocycles. The van der Waals surface area contributed by atoms with Crippen molar-refractivity contribution in [1.82, 2.24) is 9.88 Å². The van der Waals surface area contributed by atoms with Gasteiger partial charge in [0.2, 0.25) is 0 Å². The Morgan fingerprint density at radius 2 is 2.16 bits per heavy atom. The van der Waals surface area contributed by atoms with Crippen LogP contribution in [0, 0.1) is 11.8 Å². The molecule has 6 heteroatoms. The Morgan fingerprint density at radius 1 is 1.34 bits per heavy atom. The Bertz CT molecular complexity index is 983. The molecule has 6 nitrogen and oxygen atoms in total. The van der Waals surface area contributed by atoms with E-state index in [1.807, 2.05) is 51.2 Å². The maximum atomic E-state index is 12.5. The minimum absolute atomic E-state index is 0.0877. The molecular formula is C26H34N2O4. The van der Waals surface area contributed by atoms with E-state index in [1.165, 1.54) is 6.42 Å². The first-order chi connectivity index (χ1) is 15.3. The van der Waals surface area contributed by atoms with Gasteiger partial charge in [-0.1, -0.05) is 6.08 Å². The summed E-state index contributed by atoms with van der Waals surface area (Å²) in [5.74, 6) is 1.53. The molecule has 0 aliphatic carbocycles. The molecule has 3 fully saturated rings. The monoisotopic (exact) mass is 438 g/mol. The van der Waals surface area contributed by atoms with Crippen LogP contribution in [-0.2, 0) is 14.3 Å². The van der Waals surface area contributed by atoms with E-state index in [9.17, 15) is 4.79 Å². The zero-order valence-corrected chi connectivity index (χ0v) is 19.5. The lowest BCUT2D eigenvalue weighted by atomic mass is 9.73. The van der Waals surface area contributed by atoms with Crippen molar-refractivity contribution in [2.75, 3.05) is 26.8 Å². The van der Waals surface area contributed by atoms with E-state index < -0.39 is 5.60 Å². The van der Waals surface area contributed by atoms with Crippen LogP contribution in [0.2, 0.25) is 0 Å². The Hall–Kier alpha value is -2.44. The molecular weight excluding hydrogens is 404 g/mol. The minimum Gasteiger partial charge on any atom is -0.497 e. The van der Waals surface area contributed by atoms with Crippen molar-refractivity contribution < 1.29 is 19.0 Å². The second kappa shape index (κ2) is 9.20. The summed E-state index contributed by atoms with van der Waals surface area (Å²) in [6.45, 7) is 11.6. The highest BCUT2D eigenvalue weighted by molar-refractivity contribution is 5.84. The van der Waals surface area contributed by atoms with Crippen LogP contribution >= 0.6 is 0 Å². The zero-order chi connectivity index (χ0) is 22.9. The number of ether oxygens (including phenoxy) is 3. The number of fused-ring (bicyclic) bond motifs is 4. The van der Waals surface area contributed by atoms with Crippen molar-refractivity contribution in [2.45, 2.75) is 51.4 Å². The smallest absolute Gasteiger partial charge is 0.332 e. The van der Waals surface area contributed by atoms with Crippen molar-refractivity contribution in [3.05, 3.63) is 48.7 Å². The number of esters is 1. The van der Waals surface area contributed by atoms with Gasteiger partial charge in [0.15, 0.2) is 0 Å². The average molecular weight is 439 g/mol. The van der Waals surface area contributed by atoms with E-state index in [-0.39, 0.29) is 24.7 Å². The molecule has 2 bridgehead atoms. The first-order valence-corrected chi connectivity index (χ1v) is 11.4. The molecule has 5 rings (SSSR count). The van der Waals surface area contributed by atoms with Gasteiger partial charge in [-0.25, -0.2) is 4.79 Å². The molecule has 3 aliphatic heterocycles. The summed E-state index contributed by atoms with van der Waals surface area (Å²) in [5.41, 5.74) is 1.37. The van der Waals surface area contributed by atoms with Crippen LogP contribution in [0.4, 0.5) is 0 Å². The normalized spacial score (nSPS) is 26.0. The number of benzene rings is 1. The van der Waals surface area contributed by atoms with Crippen molar-refractivity contribution in [1.29, 1.82) is 0 Å². The summed E-state index contributed by atoms with van der Waals surface area (Å²) in [6, 6.07) is 8.07. The van der Waals surface area contributed by atoms with E-state index >= 15 is 0 Å². The van der Waals surface area contributed by atoms with E-state index in [4.69, 9.17) is 14.2 Å². The van der Waals surface area contributed by atoms with Crippen LogP contribution in [0.5, 0.6) is 5.75 Å². The summed E-state index contributed by atoms with van der Waals surface area (Å²) in [7, 11) is 1.66. The van der Waals surface area contributed by atoms with Gasteiger partial charge in [0.25, 0.3) is 0 Å². The second-order valence-corrected chi connectivity index (χ2v) is 9.85. The number of carbonyl (C=O) groups excluding carboxylic acids is 1. The summed E-state index contributed by atoms with van der Waals surface area (Å²) >= 11 is 0. The predicted molar refractivity (Wildman–Crippen MR) is 125 cm³/mol. The zero-order valence-electron chi connectivity index (χ0n) is 19.5. The molecule has 3 aliphatic rings. The number of aromatic nitrogens is 1. The van der Waals surface area contributed by atoms with E-state index in [0.717, 1.165) is 41.7 Å². The molecule has 0 N–H and O–H groups in total. The first-order valence-electron chi connectivity index (χ1n) is 11.4. The highest BCUT2D eigenvalue weighted by Crippen LogP contribution is 2.43. The van der Waals surface area contributed by atoms with E-state index in [1.54, 1.807) is 7.11 Å². The van der Waals surface area contributed by atoms with Crippen molar-refractivity contribution >= 4 is 16.9 Å². The number of methoxy groups -OCH3 is 1. The third kappa shape index (κ3) is 4.81. The lowest BCUT2D eigenvalue weighted by molar-refractivity contribution is -0.165. The fourth-order valence-electron chi connectivity index (χ4n) is 5.15. The molecule has 1 aromatic heterocycles. The minimum atomic E-state index is -0.544. The first kappa shape index (κ1) is 22.7. The molecule has 0 spiro atoms. The topological polar surface area (TPSA) is 60.9 Å². The molecule has 0 radical (unpaired) electrons. The standard InChI is InChI=1S/C26H34N2O4/c1-6-17-15-28-12-10-18(17)13-23(28)25(31-16-24(29)32-26(2,3)4)20-9-11-27-22-8-7-19(30-5)14-21(20)22/h6-9,11,14,17-18,23,25H,1,10,12-13,15-16H2,2-5H3/t17?,18?,23?,25-/m0/s1. The third-order valence-corrected chi connectivity index (χ3v) is 6.59. The average Bonchev–Trinajstić information content (AvgIpc) is 2.78. The largest absolute Gasteiger partial charge is 0.497 e. The van der Waals surface area contributed by atoms with Gasteiger partial charge in [-0.3, -0.25) is 9.88 Å². The van der Waals surface area contributed by atoms with Crippen LogP contribution in [0.25, 0.3) is 10.9 Å². The summed E-state index contributed by atoms with van der Waals surface area (Å²) in [6.07, 6.45) is 5.84. The van der Waals surface area contributed by atoms with Crippen LogP contribution in [-0.4, -0.2) is 54.3 Å². The van der Waals surface area contributed by atoms with Crippen LogP contribution in [0.1, 0.15) is 45.3 Å². The Morgan fingerprint density at radius 3 is 2.81 bits per heavy atom. The lowest BCUT2D eigenvalue weighted by Gasteiger charge is -2.51. The van der Waals surface area contributed by atoms with Crippen molar-refractivity contribution in [3.63, 3.8) is 0 Å². The predicted octanol–water partition coefficient (Wildman–Crippen LogP) is 4.54. The molecule has 2 aromatic rings. The van der Waals surface area contributed by atoms with Gasteiger partial charge in [0.05, 0.1) is 18.7 Å². The molecule has 4 unspecified atom stereocenters. The Balaban J connectivity index is 1.68. The molecule has 0 saturated carbocycles. The highest BCUT2D eigenvalue weighted by Gasteiger charge is 2.43. The second-order valence-electron chi connectivity index (χ2n) is 9.85. The highest BCUT2D eigenvalue weighted by atomic mass is 16.6. The van der Waals surface area contributed by atoms with Crippen LogP contribution < -0.4 is 4.74 Å². The van der Waals surface area contributed by atoms with Gasteiger partial charge in [-0.2, -0.15) is 0 Å². The van der Waals surface area contributed by atoms with Gasteiger partial charge >= 0.3 is 5.97 Å². The van der Waals surface area contributed by atoms with Gasteiger partial charge in [0, 0.05) is 24.2 Å². The van der Waals surface area contributed by atoms with E-state index in [2.05, 4.69) is 22.5 Å². The van der Waals surface area contributed by atoms with Crippen LogP contribution in [0.3, 0.4) is 0 Å². The molecule has 0 amide bonds. The number of nitrogens with zero attached hydrogens (tertiary/aromatic N) is 2. The molecule has 3 saturated heterocycles. The SMILES string of the molecule is C=CC1CN2CCC1CC2[C@@H](OCC(=O)OC(C)(C)C)c1ccnc2ccc(OC)cc12. The Kier molecular flexibility index (Phi) is 6.54. The number of piperidine rings is 3. The maximum absolute atomic E-state index is 12.5. The summed E-state index contributed by atoms with van der Waals surface area (Å²) < 4.78 is 17.3. The molecule has 1 aromatic carbocycles. The fraction of sp³-hybridized carbons (Fsp3) is 0.538. The molecule has 5 atom stereocenters. The summed E-state index contributed by atoms with van der Waals surface area (Å²) in [4.78, 5) is 19.5. The maximum Gasteiger partial charge on any atom is 0.332 e. The number of rotatable bonds is 7. The van der Waals surface area contributed by atoms with Gasteiger partial charge in [-0.15, -0.1) is 6.58 Å². The molecule has 32 heavy (non-hydrogen) atoms. The fourth-order valence-corrected chi connectivity index (χ4v) is 5.15. The number of pyridine rings is 1. The van der Waals surface area contributed by atoms with Crippen molar-refractivity contribution in [3.8, 4) is 5.75 Å². The summed E-state index contributed by atoms with van der Waals surface area (Å²) in [5, 5.41) is 0.990.